The van der Waals surface area contributed by atoms with Gasteiger partial charge in [0, 0.05) is 31.5 Å². The van der Waals surface area contributed by atoms with Crippen LogP contribution >= 0.6 is 11.6 Å². The zero-order valence-electron chi connectivity index (χ0n) is 22.2. The summed E-state index contributed by atoms with van der Waals surface area (Å²) in [5.74, 6) is -2.06. The molecule has 4 aromatic rings. The summed E-state index contributed by atoms with van der Waals surface area (Å²) in [5.41, 5.74) is 2.82. The van der Waals surface area contributed by atoms with Crippen LogP contribution in [0.3, 0.4) is 0 Å². The maximum Gasteiger partial charge on any atom is 0.274 e. The minimum absolute atomic E-state index is 0.0171. The first kappa shape index (κ1) is 27.2. The van der Waals surface area contributed by atoms with Gasteiger partial charge >= 0.3 is 0 Å². The van der Waals surface area contributed by atoms with E-state index in [4.69, 9.17) is 11.6 Å². The minimum Gasteiger partial charge on any atom is -0.345 e. The van der Waals surface area contributed by atoms with Crippen LogP contribution in [0, 0.1) is 36.8 Å². The van der Waals surface area contributed by atoms with Crippen LogP contribution < -0.4 is 5.56 Å². The highest BCUT2D eigenvalue weighted by molar-refractivity contribution is 6.31. The van der Waals surface area contributed by atoms with Crippen molar-refractivity contribution in [3.8, 4) is 23.0 Å². The van der Waals surface area contributed by atoms with Gasteiger partial charge in [0.05, 0.1) is 23.1 Å². The molecule has 40 heavy (non-hydrogen) atoms. The van der Waals surface area contributed by atoms with Gasteiger partial charge < -0.3 is 4.90 Å². The number of pyridine rings is 3. The Hall–Kier alpha value is -4.42. The molecule has 0 bridgehead atoms. The van der Waals surface area contributed by atoms with Crippen molar-refractivity contribution in [2.75, 3.05) is 14.1 Å². The van der Waals surface area contributed by atoms with Gasteiger partial charge in [-0.15, -0.1) is 0 Å². The van der Waals surface area contributed by atoms with Crippen LogP contribution in [-0.4, -0.2) is 39.4 Å². The molecule has 3 aromatic heterocycles. The number of amides is 1. The van der Waals surface area contributed by atoms with Crippen LogP contribution in [0.15, 0.2) is 53.6 Å². The third kappa shape index (κ3) is 4.65. The molecule has 5 rings (SSSR count). The van der Waals surface area contributed by atoms with E-state index in [1.807, 2.05) is 12.1 Å². The van der Waals surface area contributed by atoms with Crippen molar-refractivity contribution in [2.24, 2.45) is 0 Å². The lowest BCUT2D eigenvalue weighted by Gasteiger charge is -2.17. The van der Waals surface area contributed by atoms with E-state index >= 15 is 4.39 Å². The summed E-state index contributed by atoms with van der Waals surface area (Å²) in [6, 6.07) is 11.2. The smallest absolute Gasteiger partial charge is 0.274 e. The first-order valence-electron chi connectivity index (χ1n) is 12.5. The summed E-state index contributed by atoms with van der Waals surface area (Å²) >= 11 is 6.63. The molecule has 202 valence electrons. The van der Waals surface area contributed by atoms with Crippen LogP contribution in [0.5, 0.6) is 0 Å². The minimum atomic E-state index is -0.704. The standard InChI is InChI=1S/C30H24ClF2N5O2/c1-15-13-35-24(18-6-5-7-19(28(18)33)29(39)37(3)4)11-26(15)38-16(2)8-23(27(31)30(38)40)21-10-20(21)22-9-17(32)14-36-25(22)12-34/h5-9,11,13-14,20-21H,10H2,1-4H3/t20-,21-/m0/s1. The number of carbonyl (C=O) groups excluding carboxylic acids is 1. The summed E-state index contributed by atoms with van der Waals surface area (Å²) in [6.45, 7) is 3.54. The first-order chi connectivity index (χ1) is 19.0. The molecule has 0 unspecified atom stereocenters. The van der Waals surface area contributed by atoms with Crippen molar-refractivity contribution in [1.82, 2.24) is 19.4 Å². The lowest BCUT2D eigenvalue weighted by Crippen LogP contribution is -2.23. The average molecular weight is 560 g/mol. The van der Waals surface area contributed by atoms with E-state index in [9.17, 15) is 19.2 Å². The molecule has 1 aliphatic carbocycles. The summed E-state index contributed by atoms with van der Waals surface area (Å²) in [6.07, 6.45) is 3.14. The van der Waals surface area contributed by atoms with Gasteiger partial charge in [-0.2, -0.15) is 5.26 Å². The van der Waals surface area contributed by atoms with Gasteiger partial charge in [0.2, 0.25) is 0 Å². The van der Waals surface area contributed by atoms with Gasteiger partial charge in [0.15, 0.2) is 0 Å². The number of nitrogens with zero attached hydrogens (tertiary/aromatic N) is 5. The Morgan fingerprint density at radius 2 is 1.82 bits per heavy atom. The largest absolute Gasteiger partial charge is 0.345 e. The summed E-state index contributed by atoms with van der Waals surface area (Å²) < 4.78 is 30.7. The van der Waals surface area contributed by atoms with Crippen LogP contribution in [0.25, 0.3) is 16.9 Å². The molecule has 7 nitrogen and oxygen atoms in total. The van der Waals surface area contributed by atoms with Crippen molar-refractivity contribution in [3.05, 3.63) is 109 Å². The molecule has 1 fully saturated rings. The zero-order chi connectivity index (χ0) is 28.9. The number of benzene rings is 1. The summed E-state index contributed by atoms with van der Waals surface area (Å²) in [4.78, 5) is 35.6. The second-order valence-corrected chi connectivity index (χ2v) is 10.4. The van der Waals surface area contributed by atoms with E-state index < -0.39 is 23.1 Å². The second-order valence-electron chi connectivity index (χ2n) is 10.1. The normalized spacial score (nSPS) is 15.9. The second kappa shape index (κ2) is 10.3. The molecule has 0 N–H and O–H groups in total. The molecule has 0 radical (unpaired) electrons. The van der Waals surface area contributed by atoms with Gasteiger partial charge in [0.1, 0.15) is 28.4 Å². The van der Waals surface area contributed by atoms with Crippen molar-refractivity contribution in [1.29, 1.82) is 5.26 Å². The summed E-state index contributed by atoms with van der Waals surface area (Å²) in [5, 5.41) is 9.42. The monoisotopic (exact) mass is 559 g/mol. The fourth-order valence-electron chi connectivity index (χ4n) is 5.05. The Balaban J connectivity index is 1.56. The molecule has 3 heterocycles. The van der Waals surface area contributed by atoms with Crippen molar-refractivity contribution in [3.63, 3.8) is 0 Å². The van der Waals surface area contributed by atoms with E-state index in [2.05, 4.69) is 9.97 Å². The lowest BCUT2D eigenvalue weighted by atomic mass is 10.0. The van der Waals surface area contributed by atoms with Gasteiger partial charge in [-0.05, 0) is 79.1 Å². The van der Waals surface area contributed by atoms with Gasteiger partial charge in [-0.25, -0.2) is 13.8 Å². The molecule has 0 saturated heterocycles. The van der Waals surface area contributed by atoms with E-state index in [0.717, 1.165) is 6.20 Å². The van der Waals surface area contributed by atoms with Gasteiger partial charge in [-0.3, -0.25) is 19.1 Å². The topological polar surface area (TPSA) is 91.9 Å². The fraction of sp³-hybridized carbons (Fsp3) is 0.233. The molecule has 1 aliphatic rings. The van der Waals surface area contributed by atoms with Crippen molar-refractivity contribution >= 4 is 17.5 Å². The van der Waals surface area contributed by atoms with E-state index in [1.165, 1.54) is 33.9 Å². The molecule has 1 aromatic carbocycles. The zero-order valence-corrected chi connectivity index (χ0v) is 22.9. The predicted molar refractivity (Wildman–Crippen MR) is 147 cm³/mol. The highest BCUT2D eigenvalue weighted by atomic mass is 35.5. The number of carbonyl (C=O) groups is 1. The highest BCUT2D eigenvalue weighted by Gasteiger charge is 2.43. The Morgan fingerprint density at radius 3 is 2.52 bits per heavy atom. The fourth-order valence-corrected chi connectivity index (χ4v) is 5.33. The van der Waals surface area contributed by atoms with E-state index in [1.54, 1.807) is 40.1 Å². The maximum atomic E-state index is 15.4. The molecule has 0 spiro atoms. The Kier molecular flexibility index (Phi) is 6.98. The number of hydrogen-bond acceptors (Lipinski definition) is 5. The molecule has 10 heteroatoms. The number of aryl methyl sites for hydroxylation is 2. The molecule has 1 amide bonds. The Morgan fingerprint density at radius 1 is 1.10 bits per heavy atom. The summed E-state index contributed by atoms with van der Waals surface area (Å²) in [7, 11) is 3.08. The van der Waals surface area contributed by atoms with E-state index in [0.29, 0.717) is 34.5 Å². The lowest BCUT2D eigenvalue weighted by molar-refractivity contribution is 0.0823. The number of nitriles is 1. The highest BCUT2D eigenvalue weighted by Crippen LogP contribution is 2.56. The molecular formula is C30H24ClF2N5O2. The van der Waals surface area contributed by atoms with Crippen LogP contribution in [0.1, 0.15) is 56.7 Å². The Bertz CT molecular complexity index is 1790. The number of rotatable bonds is 5. The average Bonchev–Trinajstić information content (AvgIpc) is 3.72. The quantitative estimate of drug-likeness (QED) is 0.313. The van der Waals surface area contributed by atoms with Crippen molar-refractivity contribution < 1.29 is 13.6 Å². The number of aromatic nitrogens is 3. The molecule has 1 saturated carbocycles. The Labute approximate surface area is 234 Å². The molecule has 2 atom stereocenters. The van der Waals surface area contributed by atoms with Crippen LogP contribution in [0.4, 0.5) is 8.78 Å². The number of halogens is 3. The van der Waals surface area contributed by atoms with Gasteiger partial charge in [0.25, 0.3) is 11.5 Å². The van der Waals surface area contributed by atoms with Crippen LogP contribution in [-0.2, 0) is 0 Å². The third-order valence-corrected chi connectivity index (χ3v) is 7.55. The molecular weight excluding hydrogens is 536 g/mol. The van der Waals surface area contributed by atoms with Crippen LogP contribution in [0.2, 0.25) is 5.02 Å². The molecule has 0 aliphatic heterocycles. The maximum absolute atomic E-state index is 15.4. The SMILES string of the molecule is Cc1cnc(-c2cccc(C(=O)N(C)C)c2F)cc1-n1c(C)cc([C@H]2C[C@@H]2c2cc(F)cnc2C#N)c(Cl)c1=O. The van der Waals surface area contributed by atoms with Crippen molar-refractivity contribution in [2.45, 2.75) is 32.1 Å². The van der Waals surface area contributed by atoms with Gasteiger partial charge in [-0.1, -0.05) is 17.7 Å². The first-order valence-corrected chi connectivity index (χ1v) is 12.9. The van der Waals surface area contributed by atoms with E-state index in [-0.39, 0.29) is 39.4 Å². The third-order valence-electron chi connectivity index (χ3n) is 7.17. The predicted octanol–water partition coefficient (Wildman–Crippen LogP) is 5.69. The number of hydrogen-bond donors (Lipinski definition) is 0.